The minimum absolute atomic E-state index is 0.0938. The van der Waals surface area contributed by atoms with Crippen molar-refractivity contribution >= 4 is 24.9 Å². The highest BCUT2D eigenvalue weighted by Crippen LogP contribution is 2.56. The maximum Gasteiger partial charge on any atom is 0.257 e. The number of fused-ring (bicyclic) bond motifs is 3. The molecule has 2 atom stereocenters. The number of benzene rings is 1. The quantitative estimate of drug-likeness (QED) is 0.745. The molecular weight excluding hydrogens is 285 g/mol. The molecule has 1 amide bonds. The van der Waals surface area contributed by atoms with Gasteiger partial charge in [-0.2, -0.15) is 0 Å². The first-order chi connectivity index (χ1) is 10.3. The van der Waals surface area contributed by atoms with Crippen LogP contribution in [-0.4, -0.2) is 37.3 Å². The highest BCUT2D eigenvalue weighted by Gasteiger charge is 2.59. The Kier molecular flexibility index (Phi) is 2.70. The molecule has 1 aromatic rings. The number of nitrogens with zero attached hydrogens (tertiary/aromatic N) is 1. The summed E-state index contributed by atoms with van der Waals surface area (Å²) in [6, 6.07) is 3.62. The molecule has 2 radical (unpaired) electrons. The monoisotopic (exact) mass is 302 g/mol. The summed E-state index contributed by atoms with van der Waals surface area (Å²) in [7, 11) is 6.05. The fourth-order valence-corrected chi connectivity index (χ4v) is 4.40. The Balaban J connectivity index is 1.77. The molecule has 2 fully saturated rings. The van der Waals surface area contributed by atoms with Gasteiger partial charge in [-0.3, -0.25) is 4.79 Å². The van der Waals surface area contributed by atoms with E-state index < -0.39 is 11.3 Å². The lowest BCUT2D eigenvalue weighted by atomic mass is 9.80. The number of carbonyl (C=O) groups excluding carboxylic acids is 1. The van der Waals surface area contributed by atoms with Crippen molar-refractivity contribution in [2.24, 2.45) is 5.41 Å². The minimum Gasteiger partial charge on any atom is -0.364 e. The van der Waals surface area contributed by atoms with Gasteiger partial charge in [0.05, 0.1) is 5.56 Å². The number of anilines is 1. The molecule has 4 rings (SSSR count). The van der Waals surface area contributed by atoms with E-state index in [-0.39, 0.29) is 24.9 Å². The Hall–Kier alpha value is -1.59. The summed E-state index contributed by atoms with van der Waals surface area (Å²) in [5.74, 6) is -2.72. The predicted molar refractivity (Wildman–Crippen MR) is 80.9 cm³/mol. The lowest BCUT2D eigenvalue weighted by Gasteiger charge is -2.41. The van der Waals surface area contributed by atoms with Crippen LogP contribution in [0.4, 0.5) is 14.5 Å². The van der Waals surface area contributed by atoms with E-state index in [1.165, 1.54) is 0 Å². The summed E-state index contributed by atoms with van der Waals surface area (Å²) in [4.78, 5) is 14.5. The van der Waals surface area contributed by atoms with Crippen LogP contribution in [0.3, 0.4) is 0 Å². The van der Waals surface area contributed by atoms with Crippen LogP contribution in [0, 0.1) is 12.3 Å². The number of nitrogens with one attached hydrogen (secondary N) is 1. The first-order valence-corrected chi connectivity index (χ1v) is 7.67. The van der Waals surface area contributed by atoms with E-state index in [0.717, 1.165) is 5.56 Å². The summed E-state index contributed by atoms with van der Waals surface area (Å²) in [6.07, 6.45) is 0.457. The zero-order valence-corrected chi connectivity index (χ0v) is 12.5. The van der Waals surface area contributed by atoms with Crippen molar-refractivity contribution in [2.75, 3.05) is 11.9 Å². The third-order valence-electron chi connectivity index (χ3n) is 5.43. The van der Waals surface area contributed by atoms with Gasteiger partial charge in [0.2, 0.25) is 5.92 Å². The van der Waals surface area contributed by atoms with Crippen molar-refractivity contribution in [3.05, 3.63) is 23.3 Å². The molecule has 1 N–H and O–H groups in total. The zero-order valence-electron chi connectivity index (χ0n) is 12.5. The molecule has 6 heteroatoms. The largest absolute Gasteiger partial charge is 0.364 e. The summed E-state index contributed by atoms with van der Waals surface area (Å²) in [5.41, 5.74) is 2.05. The number of aryl methyl sites for hydroxylation is 1. The molecule has 1 spiro atoms. The fourth-order valence-electron chi connectivity index (χ4n) is 4.40. The number of carbonyl (C=O) groups is 1. The molecule has 2 aliphatic heterocycles. The van der Waals surface area contributed by atoms with E-state index in [2.05, 4.69) is 5.32 Å². The second kappa shape index (κ2) is 4.24. The van der Waals surface area contributed by atoms with Crippen LogP contribution in [-0.2, 0) is 0 Å². The van der Waals surface area contributed by atoms with Gasteiger partial charge in [-0.25, -0.2) is 8.78 Å². The molecule has 1 aliphatic carbocycles. The maximum atomic E-state index is 13.8. The van der Waals surface area contributed by atoms with Gasteiger partial charge in [-0.05, 0) is 25.8 Å². The van der Waals surface area contributed by atoms with Crippen molar-refractivity contribution in [2.45, 2.75) is 44.7 Å². The van der Waals surface area contributed by atoms with Crippen molar-refractivity contribution in [3.8, 4) is 0 Å². The van der Waals surface area contributed by atoms with Gasteiger partial charge in [-0.15, -0.1) is 0 Å². The number of hydrogen-bond donors (Lipinski definition) is 1. The number of rotatable bonds is 0. The average Bonchev–Trinajstić information content (AvgIpc) is 2.93. The van der Waals surface area contributed by atoms with E-state index >= 15 is 0 Å². The molecule has 1 aromatic carbocycles. The molecule has 0 bridgehead atoms. The third-order valence-corrected chi connectivity index (χ3v) is 5.43. The second-order valence-corrected chi connectivity index (χ2v) is 6.97. The standard InChI is InChI=1S/C16H17BF2N2O/c1-9-6-10-12(11(17)7-9)20-14-15(2-3-16(18,19)8-15)4-5-21(14)13(10)22/h6-7,14,20H,2-5,8H2,1H3. The van der Waals surface area contributed by atoms with Crippen molar-refractivity contribution in [1.29, 1.82) is 0 Å². The van der Waals surface area contributed by atoms with Gasteiger partial charge in [-0.1, -0.05) is 17.1 Å². The van der Waals surface area contributed by atoms with Gasteiger partial charge >= 0.3 is 0 Å². The first-order valence-electron chi connectivity index (χ1n) is 7.67. The normalized spacial score (nSPS) is 32.0. The molecule has 3 nitrogen and oxygen atoms in total. The summed E-state index contributed by atoms with van der Waals surface area (Å²) in [5, 5.41) is 3.30. The third kappa shape index (κ3) is 1.82. The molecule has 3 aliphatic rings. The summed E-state index contributed by atoms with van der Waals surface area (Å²) >= 11 is 0. The van der Waals surface area contributed by atoms with Gasteiger partial charge in [0, 0.05) is 30.5 Å². The van der Waals surface area contributed by atoms with Crippen LogP contribution in [0.2, 0.25) is 0 Å². The highest BCUT2D eigenvalue weighted by molar-refractivity contribution is 6.37. The number of amides is 1. The van der Waals surface area contributed by atoms with Crippen LogP contribution in [0.15, 0.2) is 12.1 Å². The SMILES string of the molecule is [B]c1cc(C)cc2c1NC1N(CCC13CCC(F)(F)C3)C2=O. The average molecular weight is 302 g/mol. The fraction of sp³-hybridized carbons (Fsp3) is 0.562. The van der Waals surface area contributed by atoms with Gasteiger partial charge in [0.25, 0.3) is 5.91 Å². The summed E-state index contributed by atoms with van der Waals surface area (Å²) < 4.78 is 27.5. The van der Waals surface area contributed by atoms with Crippen molar-refractivity contribution < 1.29 is 13.6 Å². The molecule has 22 heavy (non-hydrogen) atoms. The number of alkyl halides is 2. The van der Waals surface area contributed by atoms with Crippen LogP contribution in [0.25, 0.3) is 0 Å². The minimum atomic E-state index is -2.63. The Labute approximate surface area is 129 Å². The van der Waals surface area contributed by atoms with Gasteiger partial charge in [0.15, 0.2) is 0 Å². The molecule has 1 saturated carbocycles. The number of halogens is 2. The van der Waals surface area contributed by atoms with Gasteiger partial charge in [0.1, 0.15) is 14.0 Å². The smallest absolute Gasteiger partial charge is 0.257 e. The molecule has 2 unspecified atom stereocenters. The zero-order chi connectivity index (χ0) is 15.7. The molecule has 114 valence electrons. The Bertz CT molecular complexity index is 678. The lowest BCUT2D eigenvalue weighted by molar-refractivity contribution is -0.00705. The van der Waals surface area contributed by atoms with E-state index in [4.69, 9.17) is 7.85 Å². The molecule has 1 saturated heterocycles. The Morgan fingerprint density at radius 2 is 2.09 bits per heavy atom. The van der Waals surface area contributed by atoms with E-state index in [0.29, 0.717) is 36.1 Å². The predicted octanol–water partition coefficient (Wildman–Crippen LogP) is 2.19. The Morgan fingerprint density at radius 3 is 2.77 bits per heavy atom. The topological polar surface area (TPSA) is 32.3 Å². The van der Waals surface area contributed by atoms with Crippen LogP contribution < -0.4 is 10.8 Å². The highest BCUT2D eigenvalue weighted by atomic mass is 19.3. The van der Waals surface area contributed by atoms with Crippen LogP contribution in [0.1, 0.15) is 41.6 Å². The number of hydrogen-bond acceptors (Lipinski definition) is 2. The van der Waals surface area contributed by atoms with E-state index in [1.807, 2.05) is 13.0 Å². The lowest BCUT2D eigenvalue weighted by Crippen LogP contribution is -2.52. The van der Waals surface area contributed by atoms with Gasteiger partial charge < -0.3 is 10.2 Å². The summed E-state index contributed by atoms with van der Waals surface area (Å²) in [6.45, 7) is 2.42. The van der Waals surface area contributed by atoms with E-state index in [1.54, 1.807) is 11.0 Å². The molecule has 0 aromatic heterocycles. The Morgan fingerprint density at radius 1 is 1.32 bits per heavy atom. The van der Waals surface area contributed by atoms with E-state index in [9.17, 15) is 13.6 Å². The van der Waals surface area contributed by atoms with Crippen molar-refractivity contribution in [1.82, 2.24) is 4.90 Å². The molecular formula is C16H17BF2N2O. The second-order valence-electron chi connectivity index (χ2n) is 6.97. The first kappa shape index (κ1) is 14.0. The van der Waals surface area contributed by atoms with Crippen LogP contribution >= 0.6 is 0 Å². The molecule has 2 heterocycles. The van der Waals surface area contributed by atoms with Crippen molar-refractivity contribution in [3.63, 3.8) is 0 Å². The maximum absolute atomic E-state index is 13.8. The van der Waals surface area contributed by atoms with Crippen LogP contribution in [0.5, 0.6) is 0 Å².